The summed E-state index contributed by atoms with van der Waals surface area (Å²) in [5.41, 5.74) is 3.55. The van der Waals surface area contributed by atoms with Crippen molar-refractivity contribution in [2.24, 2.45) is 5.92 Å². The van der Waals surface area contributed by atoms with Crippen molar-refractivity contribution in [2.45, 2.75) is 18.4 Å². The van der Waals surface area contributed by atoms with E-state index < -0.39 is 0 Å². The SMILES string of the molecule is Cl.O=C(NC[C@H]1[C@@H]2CNC[C@@H](C2)c2cccc(=O)n21)c1cccc(-c2cn[nH]c2)c1. The first kappa shape index (κ1) is 20.4. The van der Waals surface area contributed by atoms with Gasteiger partial charge in [0.15, 0.2) is 0 Å². The number of aromatic nitrogens is 3. The highest BCUT2D eigenvalue weighted by molar-refractivity contribution is 5.95. The van der Waals surface area contributed by atoms with E-state index in [-0.39, 0.29) is 29.9 Å². The van der Waals surface area contributed by atoms with Crippen molar-refractivity contribution in [3.63, 3.8) is 0 Å². The number of halogens is 1. The van der Waals surface area contributed by atoms with Gasteiger partial charge in [0, 0.05) is 54.6 Å². The van der Waals surface area contributed by atoms with E-state index in [1.165, 1.54) is 0 Å². The largest absolute Gasteiger partial charge is 0.350 e. The smallest absolute Gasteiger partial charge is 0.251 e. The predicted molar refractivity (Wildman–Crippen MR) is 117 cm³/mol. The first-order chi connectivity index (χ1) is 14.2. The molecule has 0 unspecified atom stereocenters. The molecule has 0 aliphatic carbocycles. The zero-order valence-corrected chi connectivity index (χ0v) is 17.2. The summed E-state index contributed by atoms with van der Waals surface area (Å²) in [6.45, 7) is 2.21. The lowest BCUT2D eigenvalue weighted by Gasteiger charge is -2.43. The maximum Gasteiger partial charge on any atom is 0.251 e. The van der Waals surface area contributed by atoms with Crippen molar-refractivity contribution in [2.75, 3.05) is 19.6 Å². The van der Waals surface area contributed by atoms with E-state index in [0.717, 1.165) is 36.3 Å². The summed E-state index contributed by atoms with van der Waals surface area (Å²) in [7, 11) is 0. The normalized spacial score (nSPS) is 21.9. The van der Waals surface area contributed by atoms with Gasteiger partial charge in [-0.15, -0.1) is 12.4 Å². The number of carbonyl (C=O) groups is 1. The summed E-state index contributed by atoms with van der Waals surface area (Å²) in [6.07, 6.45) is 4.58. The fourth-order valence-electron chi connectivity index (χ4n) is 4.71. The molecule has 4 heterocycles. The van der Waals surface area contributed by atoms with Crippen molar-refractivity contribution in [3.05, 3.63) is 76.5 Å². The summed E-state index contributed by atoms with van der Waals surface area (Å²) in [6, 6.07) is 12.9. The van der Waals surface area contributed by atoms with Gasteiger partial charge in [-0.3, -0.25) is 14.7 Å². The number of hydrogen-bond donors (Lipinski definition) is 3. The van der Waals surface area contributed by atoms with Crippen molar-refractivity contribution >= 4 is 18.3 Å². The number of hydrogen-bond acceptors (Lipinski definition) is 4. The van der Waals surface area contributed by atoms with Gasteiger partial charge < -0.3 is 15.2 Å². The van der Waals surface area contributed by atoms with Crippen LogP contribution in [0.1, 0.15) is 34.4 Å². The molecule has 156 valence electrons. The summed E-state index contributed by atoms with van der Waals surface area (Å²) >= 11 is 0. The Morgan fingerprint density at radius 3 is 2.87 bits per heavy atom. The third kappa shape index (κ3) is 3.66. The van der Waals surface area contributed by atoms with Crippen molar-refractivity contribution < 1.29 is 4.79 Å². The summed E-state index contributed by atoms with van der Waals surface area (Å²) in [5.74, 6) is 0.562. The maximum atomic E-state index is 12.8. The van der Waals surface area contributed by atoms with Gasteiger partial charge in [-0.2, -0.15) is 5.10 Å². The molecule has 2 aromatic heterocycles. The second-order valence-corrected chi connectivity index (χ2v) is 7.85. The highest BCUT2D eigenvalue weighted by Gasteiger charge is 2.37. The lowest BCUT2D eigenvalue weighted by atomic mass is 9.79. The van der Waals surface area contributed by atoms with Crippen LogP contribution < -0.4 is 16.2 Å². The Hall–Kier alpha value is -2.90. The van der Waals surface area contributed by atoms with Crippen LogP contribution in [0.4, 0.5) is 0 Å². The molecular formula is C22H24ClN5O2. The van der Waals surface area contributed by atoms with E-state index in [4.69, 9.17) is 0 Å². The number of nitrogens with one attached hydrogen (secondary N) is 3. The number of fused-ring (bicyclic) bond motifs is 4. The van der Waals surface area contributed by atoms with Crippen LogP contribution in [0.3, 0.4) is 0 Å². The zero-order chi connectivity index (χ0) is 19.8. The molecule has 3 aromatic rings. The molecule has 3 atom stereocenters. The topological polar surface area (TPSA) is 91.8 Å². The minimum atomic E-state index is -0.133. The van der Waals surface area contributed by atoms with Crippen molar-refractivity contribution in [1.82, 2.24) is 25.4 Å². The molecule has 0 saturated carbocycles. The number of H-pyrrole nitrogens is 1. The molecule has 0 spiro atoms. The van der Waals surface area contributed by atoms with Crippen LogP contribution in [0.15, 0.2) is 59.7 Å². The first-order valence-electron chi connectivity index (χ1n) is 10.0. The molecule has 5 rings (SSSR count). The lowest BCUT2D eigenvalue weighted by molar-refractivity contribution is 0.0932. The Bertz CT molecular complexity index is 1090. The van der Waals surface area contributed by atoms with Gasteiger partial charge in [-0.25, -0.2) is 0 Å². The molecule has 0 radical (unpaired) electrons. The summed E-state index contributed by atoms with van der Waals surface area (Å²) in [5, 5.41) is 13.3. The molecule has 1 saturated heterocycles. The van der Waals surface area contributed by atoms with Gasteiger partial charge in [-0.05, 0) is 36.1 Å². The second kappa shape index (κ2) is 8.45. The third-order valence-electron chi connectivity index (χ3n) is 6.13. The number of nitrogens with zero attached hydrogens (tertiary/aromatic N) is 2. The van der Waals surface area contributed by atoms with E-state index in [2.05, 4.69) is 20.8 Å². The van der Waals surface area contributed by atoms with Gasteiger partial charge in [-0.1, -0.05) is 18.2 Å². The first-order valence-corrected chi connectivity index (χ1v) is 10.0. The number of piperidine rings is 1. The molecule has 1 fully saturated rings. The Kier molecular flexibility index (Phi) is 5.74. The number of rotatable bonds is 4. The average Bonchev–Trinajstić information content (AvgIpc) is 3.29. The van der Waals surface area contributed by atoms with Gasteiger partial charge in [0.1, 0.15) is 0 Å². The number of carbonyl (C=O) groups excluding carboxylic acids is 1. The van der Waals surface area contributed by atoms with Gasteiger partial charge in [0.25, 0.3) is 11.5 Å². The van der Waals surface area contributed by atoms with Crippen LogP contribution >= 0.6 is 12.4 Å². The van der Waals surface area contributed by atoms with Gasteiger partial charge in [0.2, 0.25) is 0 Å². The van der Waals surface area contributed by atoms with Crippen LogP contribution in [0.25, 0.3) is 11.1 Å². The number of pyridine rings is 1. The minimum Gasteiger partial charge on any atom is -0.350 e. The highest BCUT2D eigenvalue weighted by atomic mass is 35.5. The molecular weight excluding hydrogens is 402 g/mol. The lowest BCUT2D eigenvalue weighted by Crippen LogP contribution is -2.50. The fourth-order valence-corrected chi connectivity index (χ4v) is 4.71. The predicted octanol–water partition coefficient (Wildman–Crippen LogP) is 2.34. The number of amides is 1. The highest BCUT2D eigenvalue weighted by Crippen LogP contribution is 2.38. The molecule has 2 bridgehead atoms. The molecule has 8 heteroatoms. The fraction of sp³-hybridized carbons (Fsp3) is 0.318. The van der Waals surface area contributed by atoms with E-state index in [9.17, 15) is 9.59 Å². The minimum absolute atomic E-state index is 0. The Morgan fingerprint density at radius 2 is 2.03 bits per heavy atom. The maximum absolute atomic E-state index is 12.8. The summed E-state index contributed by atoms with van der Waals surface area (Å²) in [4.78, 5) is 25.5. The number of aromatic amines is 1. The molecule has 3 N–H and O–H groups in total. The molecule has 2 aliphatic rings. The molecule has 2 aliphatic heterocycles. The molecule has 7 nitrogen and oxygen atoms in total. The molecule has 1 aromatic carbocycles. The molecule has 1 amide bonds. The van der Waals surface area contributed by atoms with E-state index in [1.807, 2.05) is 34.9 Å². The van der Waals surface area contributed by atoms with Crippen LogP contribution in [-0.2, 0) is 0 Å². The monoisotopic (exact) mass is 425 g/mol. The van der Waals surface area contributed by atoms with Crippen molar-refractivity contribution in [3.8, 4) is 11.1 Å². The Morgan fingerprint density at radius 1 is 1.17 bits per heavy atom. The van der Waals surface area contributed by atoms with Crippen LogP contribution in [0, 0.1) is 5.92 Å². The summed E-state index contributed by atoms with van der Waals surface area (Å²) < 4.78 is 1.90. The van der Waals surface area contributed by atoms with Crippen LogP contribution in [0.2, 0.25) is 0 Å². The van der Waals surface area contributed by atoms with Gasteiger partial charge >= 0.3 is 0 Å². The average molecular weight is 426 g/mol. The van der Waals surface area contributed by atoms with E-state index >= 15 is 0 Å². The van der Waals surface area contributed by atoms with Gasteiger partial charge in [0.05, 0.1) is 12.2 Å². The standard InChI is InChI=1S/C22H23N5O2.ClH/c28-21-6-2-5-19-16-8-17(10-23-9-16)20(27(19)21)13-24-22(29)15-4-1-3-14(7-15)18-11-25-26-12-18;/h1-7,11-12,16-17,20,23H,8-10,13H2,(H,24,29)(H,25,26);1H/t16-,17+,20+;/m1./s1. The van der Waals surface area contributed by atoms with E-state index in [0.29, 0.717) is 23.9 Å². The van der Waals surface area contributed by atoms with Crippen molar-refractivity contribution in [1.29, 1.82) is 0 Å². The third-order valence-corrected chi connectivity index (χ3v) is 6.13. The van der Waals surface area contributed by atoms with E-state index in [1.54, 1.807) is 24.5 Å². The number of benzene rings is 1. The quantitative estimate of drug-likeness (QED) is 0.598. The molecule has 30 heavy (non-hydrogen) atoms. The van der Waals surface area contributed by atoms with Crippen LogP contribution in [-0.4, -0.2) is 40.3 Å². The Labute approximate surface area is 180 Å². The second-order valence-electron chi connectivity index (χ2n) is 7.85. The Balaban J connectivity index is 0.00000218. The zero-order valence-electron chi connectivity index (χ0n) is 16.4. The van der Waals surface area contributed by atoms with Crippen LogP contribution in [0.5, 0.6) is 0 Å².